The number of rotatable bonds is 8. The molecule has 1 amide bonds. The minimum atomic E-state index is -0.195. The van der Waals surface area contributed by atoms with Gasteiger partial charge in [-0.2, -0.15) is 0 Å². The van der Waals surface area contributed by atoms with E-state index in [0.29, 0.717) is 37.0 Å². The Morgan fingerprint density at radius 1 is 1.32 bits per heavy atom. The van der Waals surface area contributed by atoms with E-state index in [0.717, 1.165) is 5.69 Å². The first-order valence-electron chi connectivity index (χ1n) is 6.01. The molecule has 106 valence electrons. The van der Waals surface area contributed by atoms with Crippen molar-refractivity contribution < 1.29 is 14.3 Å². The summed E-state index contributed by atoms with van der Waals surface area (Å²) < 4.78 is 10.2. The fourth-order valence-corrected chi connectivity index (χ4v) is 1.72. The van der Waals surface area contributed by atoms with Gasteiger partial charge >= 0.3 is 0 Å². The number of nitrogens with one attached hydrogen (secondary N) is 2. The van der Waals surface area contributed by atoms with E-state index >= 15 is 0 Å². The molecule has 0 saturated carbocycles. The van der Waals surface area contributed by atoms with Crippen molar-refractivity contribution in [1.29, 1.82) is 0 Å². The zero-order valence-electron chi connectivity index (χ0n) is 11.2. The Labute approximate surface area is 118 Å². The molecule has 1 rings (SSSR count). The number of benzene rings is 1. The van der Waals surface area contributed by atoms with Crippen LogP contribution in [0.4, 0.5) is 5.69 Å². The number of hydrogen-bond donors (Lipinski definition) is 2. The molecule has 0 unspecified atom stereocenters. The normalized spacial score (nSPS) is 10.3. The number of anilines is 1. The Bertz CT molecular complexity index is 413. The molecule has 1 aromatic carbocycles. The van der Waals surface area contributed by atoms with Gasteiger partial charge in [0.25, 0.3) is 5.91 Å². The quantitative estimate of drug-likeness (QED) is 0.715. The summed E-state index contributed by atoms with van der Waals surface area (Å²) >= 11 is 6.04. The van der Waals surface area contributed by atoms with Crippen LogP contribution in [0, 0.1) is 0 Å². The highest BCUT2D eigenvalue weighted by atomic mass is 35.5. The van der Waals surface area contributed by atoms with Crippen molar-refractivity contribution in [3.05, 3.63) is 28.8 Å². The van der Waals surface area contributed by atoms with E-state index in [1.165, 1.54) is 0 Å². The van der Waals surface area contributed by atoms with Crippen LogP contribution < -0.4 is 10.6 Å². The van der Waals surface area contributed by atoms with Crippen LogP contribution in [0.5, 0.6) is 0 Å². The largest absolute Gasteiger partial charge is 0.383 e. The van der Waals surface area contributed by atoms with E-state index in [1.54, 1.807) is 26.3 Å². The summed E-state index contributed by atoms with van der Waals surface area (Å²) in [5, 5.41) is 6.12. The average molecular weight is 287 g/mol. The molecule has 0 bridgehead atoms. The van der Waals surface area contributed by atoms with Gasteiger partial charge in [0.2, 0.25) is 0 Å². The maximum atomic E-state index is 11.5. The van der Waals surface area contributed by atoms with Gasteiger partial charge in [-0.25, -0.2) is 0 Å². The average Bonchev–Trinajstić information content (AvgIpc) is 2.42. The van der Waals surface area contributed by atoms with E-state index in [1.807, 2.05) is 6.07 Å². The molecular formula is C13H19ClN2O3. The molecule has 0 saturated heterocycles. The number of ether oxygens (including phenoxy) is 2. The van der Waals surface area contributed by atoms with Crippen molar-refractivity contribution in [3.8, 4) is 0 Å². The van der Waals surface area contributed by atoms with E-state index in [2.05, 4.69) is 10.6 Å². The topological polar surface area (TPSA) is 59.6 Å². The molecule has 1 aromatic rings. The van der Waals surface area contributed by atoms with Crippen LogP contribution in [-0.2, 0) is 9.47 Å². The molecule has 0 aromatic heterocycles. The Morgan fingerprint density at radius 2 is 2.11 bits per heavy atom. The predicted molar refractivity (Wildman–Crippen MR) is 76.0 cm³/mol. The maximum absolute atomic E-state index is 11.5. The third kappa shape index (κ3) is 5.46. The number of amides is 1. The highest BCUT2D eigenvalue weighted by molar-refractivity contribution is 6.34. The van der Waals surface area contributed by atoms with E-state index in [4.69, 9.17) is 21.1 Å². The highest BCUT2D eigenvalue weighted by Crippen LogP contribution is 2.20. The summed E-state index contributed by atoms with van der Waals surface area (Å²) in [6.07, 6.45) is 0. The SMILES string of the molecule is CNC(=O)c1ccc(NCCOCCOC)cc1Cl. The van der Waals surface area contributed by atoms with E-state index in [-0.39, 0.29) is 5.91 Å². The van der Waals surface area contributed by atoms with Gasteiger partial charge in [-0.15, -0.1) is 0 Å². The Balaban J connectivity index is 2.39. The van der Waals surface area contributed by atoms with Gasteiger partial charge in [0.1, 0.15) is 0 Å². The van der Waals surface area contributed by atoms with Crippen LogP contribution in [0.3, 0.4) is 0 Å². The second-order valence-corrected chi connectivity index (χ2v) is 4.21. The smallest absolute Gasteiger partial charge is 0.252 e. The van der Waals surface area contributed by atoms with Crippen LogP contribution in [-0.4, -0.2) is 46.4 Å². The molecule has 0 fully saturated rings. The van der Waals surface area contributed by atoms with Crippen molar-refractivity contribution in [2.75, 3.05) is 45.8 Å². The zero-order valence-corrected chi connectivity index (χ0v) is 11.9. The van der Waals surface area contributed by atoms with Crippen LogP contribution in [0.15, 0.2) is 18.2 Å². The molecule has 2 N–H and O–H groups in total. The summed E-state index contributed by atoms with van der Waals surface area (Å²) in [6, 6.07) is 5.22. The summed E-state index contributed by atoms with van der Waals surface area (Å²) in [4.78, 5) is 11.5. The predicted octanol–water partition coefficient (Wildman–Crippen LogP) is 1.77. The zero-order chi connectivity index (χ0) is 14.1. The molecule has 6 heteroatoms. The third-order valence-corrected chi connectivity index (χ3v) is 2.76. The lowest BCUT2D eigenvalue weighted by Crippen LogP contribution is -2.18. The molecule has 0 spiro atoms. The number of methoxy groups -OCH3 is 1. The summed E-state index contributed by atoms with van der Waals surface area (Å²) in [5.41, 5.74) is 1.32. The molecule has 0 aliphatic carbocycles. The molecule has 0 heterocycles. The van der Waals surface area contributed by atoms with E-state index in [9.17, 15) is 4.79 Å². The molecule has 0 aliphatic heterocycles. The summed E-state index contributed by atoms with van der Waals surface area (Å²) in [6.45, 7) is 2.42. The third-order valence-electron chi connectivity index (χ3n) is 2.45. The van der Waals surface area contributed by atoms with Gasteiger partial charge < -0.3 is 20.1 Å². The second kappa shape index (κ2) is 8.74. The molecule has 5 nitrogen and oxygen atoms in total. The maximum Gasteiger partial charge on any atom is 0.252 e. The minimum Gasteiger partial charge on any atom is -0.383 e. The van der Waals surface area contributed by atoms with Crippen molar-refractivity contribution in [1.82, 2.24) is 5.32 Å². The van der Waals surface area contributed by atoms with Gasteiger partial charge in [0, 0.05) is 26.4 Å². The van der Waals surface area contributed by atoms with E-state index < -0.39 is 0 Å². The van der Waals surface area contributed by atoms with Crippen LogP contribution in [0.2, 0.25) is 5.02 Å². The summed E-state index contributed by atoms with van der Waals surface area (Å²) in [5.74, 6) is -0.195. The fraction of sp³-hybridized carbons (Fsp3) is 0.462. The molecule has 0 aliphatic rings. The molecule has 0 atom stereocenters. The van der Waals surface area contributed by atoms with Gasteiger partial charge in [-0.05, 0) is 18.2 Å². The lowest BCUT2D eigenvalue weighted by Gasteiger charge is -2.09. The Hall–Kier alpha value is -1.30. The Kier molecular flexibility index (Phi) is 7.25. The Morgan fingerprint density at radius 3 is 2.74 bits per heavy atom. The van der Waals surface area contributed by atoms with Crippen molar-refractivity contribution in [2.24, 2.45) is 0 Å². The number of halogens is 1. The first-order valence-corrected chi connectivity index (χ1v) is 6.39. The summed E-state index contributed by atoms with van der Waals surface area (Å²) in [7, 11) is 3.21. The van der Waals surface area contributed by atoms with Crippen LogP contribution >= 0.6 is 11.6 Å². The van der Waals surface area contributed by atoms with Gasteiger partial charge in [0.05, 0.1) is 30.4 Å². The molecule has 19 heavy (non-hydrogen) atoms. The fourth-order valence-electron chi connectivity index (χ4n) is 1.46. The van der Waals surface area contributed by atoms with Gasteiger partial charge in [-0.3, -0.25) is 4.79 Å². The van der Waals surface area contributed by atoms with Crippen molar-refractivity contribution >= 4 is 23.2 Å². The number of hydrogen-bond acceptors (Lipinski definition) is 4. The number of carbonyl (C=O) groups is 1. The van der Waals surface area contributed by atoms with Crippen LogP contribution in [0.1, 0.15) is 10.4 Å². The number of carbonyl (C=O) groups excluding carboxylic acids is 1. The van der Waals surface area contributed by atoms with Crippen LogP contribution in [0.25, 0.3) is 0 Å². The molecular weight excluding hydrogens is 268 g/mol. The minimum absolute atomic E-state index is 0.195. The van der Waals surface area contributed by atoms with Gasteiger partial charge in [-0.1, -0.05) is 11.6 Å². The highest BCUT2D eigenvalue weighted by Gasteiger charge is 2.08. The van der Waals surface area contributed by atoms with Crippen molar-refractivity contribution in [3.63, 3.8) is 0 Å². The molecule has 0 radical (unpaired) electrons. The first-order chi connectivity index (χ1) is 9.19. The second-order valence-electron chi connectivity index (χ2n) is 3.81. The first kappa shape index (κ1) is 15.8. The standard InChI is InChI=1S/C13H19ClN2O3/c1-15-13(17)11-4-3-10(9-12(11)14)16-5-6-19-8-7-18-2/h3-4,9,16H,5-8H2,1-2H3,(H,15,17). The monoisotopic (exact) mass is 286 g/mol. The lowest BCUT2D eigenvalue weighted by molar-refractivity contribution is 0.0759. The van der Waals surface area contributed by atoms with Gasteiger partial charge in [0.15, 0.2) is 0 Å². The van der Waals surface area contributed by atoms with Crippen molar-refractivity contribution in [2.45, 2.75) is 0 Å². The lowest BCUT2D eigenvalue weighted by atomic mass is 10.2.